The van der Waals surface area contributed by atoms with E-state index < -0.39 is 70.1 Å². The minimum atomic E-state index is -1.42. The van der Waals surface area contributed by atoms with Crippen molar-refractivity contribution in [2.75, 3.05) is 27.9 Å². The number of ether oxygens (including phenoxy) is 6. The van der Waals surface area contributed by atoms with E-state index >= 15 is 0 Å². The van der Waals surface area contributed by atoms with Gasteiger partial charge in [-0.1, -0.05) is 24.8 Å². The minimum Gasteiger partial charge on any atom is -0.496 e. The van der Waals surface area contributed by atoms with E-state index in [1.165, 1.54) is 33.4 Å². The molecular formula is C45H58FN5O13. The molecule has 19 heteroatoms. The van der Waals surface area contributed by atoms with Crippen molar-refractivity contribution in [3.05, 3.63) is 93.8 Å². The SMILES string of the molecule is C=CCOC(=O)N[C@@H](Cc1cc(OC(C)C)c(OC(C)C)c(-c2cc(C[C@H](NC(=O)OC(C)(C)C)C(=O)OC)ccc2OC)c1)C(=O)N[C@@H](Cc1ccc(F)c([N+](=O)[O-])c1)C(=O)NC. The molecule has 4 amide bonds. The van der Waals surface area contributed by atoms with Gasteiger partial charge in [0.25, 0.3) is 0 Å². The molecule has 0 unspecified atom stereocenters. The Labute approximate surface area is 371 Å². The van der Waals surface area contributed by atoms with Gasteiger partial charge < -0.3 is 49.7 Å². The molecule has 0 heterocycles. The van der Waals surface area contributed by atoms with Gasteiger partial charge in [-0.2, -0.15) is 4.39 Å². The Balaban J connectivity index is 2.22. The molecule has 348 valence electrons. The second-order valence-electron chi connectivity index (χ2n) is 16.0. The number of nitro groups is 1. The smallest absolute Gasteiger partial charge is 0.408 e. The van der Waals surface area contributed by atoms with E-state index in [2.05, 4.69) is 27.8 Å². The maximum absolute atomic E-state index is 14.2. The summed E-state index contributed by atoms with van der Waals surface area (Å²) < 4.78 is 48.2. The van der Waals surface area contributed by atoms with Crippen LogP contribution in [0.1, 0.15) is 65.2 Å². The zero-order valence-corrected chi connectivity index (χ0v) is 37.8. The predicted octanol–water partition coefficient (Wildman–Crippen LogP) is 5.89. The molecule has 0 spiro atoms. The summed E-state index contributed by atoms with van der Waals surface area (Å²) in [6.07, 6.45) is -1.78. The molecule has 4 N–H and O–H groups in total. The zero-order chi connectivity index (χ0) is 47.9. The maximum atomic E-state index is 14.2. The average molecular weight is 896 g/mol. The number of carbonyl (C=O) groups excluding carboxylic acids is 5. The van der Waals surface area contributed by atoms with Crippen molar-refractivity contribution in [2.45, 2.75) is 104 Å². The lowest BCUT2D eigenvalue weighted by atomic mass is 9.94. The number of likely N-dealkylation sites (N-methyl/N-ethyl adjacent to an activating group) is 1. The number of esters is 1. The van der Waals surface area contributed by atoms with E-state index in [-0.39, 0.29) is 49.4 Å². The number of halogens is 1. The summed E-state index contributed by atoms with van der Waals surface area (Å²) in [6.45, 7) is 15.7. The van der Waals surface area contributed by atoms with Crippen molar-refractivity contribution >= 4 is 35.7 Å². The molecule has 3 aromatic carbocycles. The first-order chi connectivity index (χ1) is 30.1. The topological polar surface area (TPSA) is 232 Å². The molecule has 0 aliphatic heterocycles. The van der Waals surface area contributed by atoms with Gasteiger partial charge in [-0.15, -0.1) is 0 Å². The van der Waals surface area contributed by atoms with Crippen LogP contribution in [0.25, 0.3) is 11.1 Å². The Bertz CT molecular complexity index is 2170. The molecule has 18 nitrogen and oxygen atoms in total. The first-order valence-electron chi connectivity index (χ1n) is 20.3. The zero-order valence-electron chi connectivity index (χ0n) is 37.8. The summed E-state index contributed by atoms with van der Waals surface area (Å²) in [7, 11) is 3.99. The minimum absolute atomic E-state index is 0.0327. The lowest BCUT2D eigenvalue weighted by Crippen LogP contribution is -2.54. The van der Waals surface area contributed by atoms with Gasteiger partial charge in [-0.3, -0.25) is 19.7 Å². The number of amides is 4. The molecule has 0 aliphatic rings. The average Bonchev–Trinajstić information content (AvgIpc) is 3.21. The van der Waals surface area contributed by atoms with Crippen LogP contribution in [0.4, 0.5) is 19.7 Å². The van der Waals surface area contributed by atoms with Crippen molar-refractivity contribution in [2.24, 2.45) is 0 Å². The summed E-state index contributed by atoms with van der Waals surface area (Å²) >= 11 is 0. The van der Waals surface area contributed by atoms with Crippen LogP contribution in [0.5, 0.6) is 17.2 Å². The predicted molar refractivity (Wildman–Crippen MR) is 234 cm³/mol. The number of carbonyl (C=O) groups is 5. The number of nitrogens with one attached hydrogen (secondary N) is 4. The van der Waals surface area contributed by atoms with Crippen LogP contribution in [0.2, 0.25) is 0 Å². The highest BCUT2D eigenvalue weighted by Gasteiger charge is 2.31. The Morgan fingerprint density at radius 2 is 1.34 bits per heavy atom. The number of benzene rings is 3. The van der Waals surface area contributed by atoms with Crippen LogP contribution in [-0.4, -0.2) is 98.7 Å². The van der Waals surface area contributed by atoms with E-state index in [1.807, 2.05) is 13.8 Å². The van der Waals surface area contributed by atoms with Crippen LogP contribution < -0.4 is 35.5 Å². The molecule has 0 aromatic heterocycles. The number of rotatable bonds is 21. The molecule has 0 saturated heterocycles. The third-order valence-electron chi connectivity index (χ3n) is 8.91. The second-order valence-corrected chi connectivity index (χ2v) is 16.0. The van der Waals surface area contributed by atoms with Gasteiger partial charge in [0.2, 0.25) is 17.6 Å². The normalized spacial score (nSPS) is 12.5. The number of methoxy groups -OCH3 is 2. The first kappa shape index (κ1) is 51.4. The quantitative estimate of drug-likeness (QED) is 0.0322. The Morgan fingerprint density at radius 1 is 0.766 bits per heavy atom. The first-order valence-corrected chi connectivity index (χ1v) is 20.3. The van der Waals surface area contributed by atoms with Gasteiger partial charge in [-0.25, -0.2) is 14.4 Å². The summed E-state index contributed by atoms with van der Waals surface area (Å²) in [5.74, 6) is -2.39. The van der Waals surface area contributed by atoms with Crippen molar-refractivity contribution in [3.63, 3.8) is 0 Å². The number of nitro benzene ring substituents is 1. The standard InChI is InChI=1S/C45H58FN5O13/c1-12-17-61-43(55)49-34(41(53)48-33(40(52)47-9)20-28-13-15-32(46)36(23-28)51(57)58)22-29-19-31(39(63-26(4)5)38(24-29)62-25(2)3)30-18-27(14-16-37(30)59-10)21-35(42(54)60-11)50-44(56)64-45(6,7)8/h12-16,18-19,23-26,33-35H,1,17,20-22H2,2-11H3,(H,47,52)(H,48,53)(H,49,55)(H,50,56)/t33-,34-,35-/m0/s1. The third-order valence-corrected chi connectivity index (χ3v) is 8.91. The van der Waals surface area contributed by atoms with Gasteiger partial charge >= 0.3 is 23.8 Å². The number of alkyl carbamates (subject to hydrolysis) is 2. The fraction of sp³-hybridized carbons (Fsp3) is 0.444. The molecule has 3 aromatic rings. The molecular weight excluding hydrogens is 838 g/mol. The lowest BCUT2D eigenvalue weighted by molar-refractivity contribution is -0.387. The molecule has 3 atom stereocenters. The van der Waals surface area contributed by atoms with E-state index in [1.54, 1.807) is 65.0 Å². The molecule has 0 saturated carbocycles. The highest BCUT2D eigenvalue weighted by Crippen LogP contribution is 2.45. The van der Waals surface area contributed by atoms with Crippen molar-refractivity contribution in [3.8, 4) is 28.4 Å². The van der Waals surface area contributed by atoms with Crippen LogP contribution in [0, 0.1) is 15.9 Å². The molecule has 64 heavy (non-hydrogen) atoms. The fourth-order valence-electron chi connectivity index (χ4n) is 6.27. The van der Waals surface area contributed by atoms with E-state index in [0.29, 0.717) is 33.8 Å². The lowest BCUT2D eigenvalue weighted by Gasteiger charge is -2.25. The summed E-state index contributed by atoms with van der Waals surface area (Å²) in [5, 5.41) is 21.6. The van der Waals surface area contributed by atoms with E-state index in [9.17, 15) is 38.5 Å². The van der Waals surface area contributed by atoms with Gasteiger partial charge in [-0.05, 0) is 95.5 Å². The van der Waals surface area contributed by atoms with E-state index in [0.717, 1.165) is 12.1 Å². The monoisotopic (exact) mass is 895 g/mol. The number of hydrogen-bond donors (Lipinski definition) is 4. The Morgan fingerprint density at radius 3 is 1.92 bits per heavy atom. The fourth-order valence-corrected chi connectivity index (χ4v) is 6.27. The Hall–Kier alpha value is -6.92. The second kappa shape index (κ2) is 23.5. The van der Waals surface area contributed by atoms with E-state index in [4.69, 9.17) is 28.4 Å². The molecule has 0 radical (unpaired) electrons. The molecule has 0 fully saturated rings. The van der Waals surface area contributed by atoms with Crippen molar-refractivity contribution in [1.82, 2.24) is 21.3 Å². The number of hydrogen-bond acceptors (Lipinski definition) is 13. The largest absolute Gasteiger partial charge is 0.496 e. The van der Waals surface area contributed by atoms with Crippen LogP contribution in [0.15, 0.2) is 61.2 Å². The summed E-state index contributed by atoms with van der Waals surface area (Å²) in [4.78, 5) is 76.6. The van der Waals surface area contributed by atoms with Crippen LogP contribution in [0.3, 0.4) is 0 Å². The summed E-state index contributed by atoms with van der Waals surface area (Å²) in [5.41, 5.74) is 0.380. The molecule has 3 rings (SSSR count). The van der Waals surface area contributed by atoms with Gasteiger partial charge in [0.15, 0.2) is 11.5 Å². The number of nitrogens with zero attached hydrogens (tertiary/aromatic N) is 1. The van der Waals surface area contributed by atoms with Crippen molar-refractivity contribution < 1.29 is 61.7 Å². The Kier molecular flexibility index (Phi) is 18.9. The van der Waals surface area contributed by atoms with Gasteiger partial charge in [0.1, 0.15) is 36.1 Å². The summed E-state index contributed by atoms with van der Waals surface area (Å²) in [6, 6.07) is 7.66. The maximum Gasteiger partial charge on any atom is 0.408 e. The van der Waals surface area contributed by atoms with Crippen LogP contribution >= 0.6 is 0 Å². The van der Waals surface area contributed by atoms with Crippen LogP contribution in [-0.2, 0) is 47.9 Å². The van der Waals surface area contributed by atoms with Gasteiger partial charge in [0, 0.05) is 43.5 Å². The third kappa shape index (κ3) is 15.5. The van der Waals surface area contributed by atoms with Gasteiger partial charge in [0.05, 0.1) is 31.4 Å². The van der Waals surface area contributed by atoms with Crippen molar-refractivity contribution in [1.29, 1.82) is 0 Å². The molecule has 0 aliphatic carbocycles. The highest BCUT2D eigenvalue weighted by atomic mass is 19.1. The highest BCUT2D eigenvalue weighted by molar-refractivity contribution is 5.92. The molecule has 0 bridgehead atoms.